The topological polar surface area (TPSA) is 88.0 Å². The third-order valence-corrected chi connectivity index (χ3v) is 4.22. The van der Waals surface area contributed by atoms with Crippen LogP contribution in [0.4, 0.5) is 5.69 Å². The van der Waals surface area contributed by atoms with E-state index >= 15 is 0 Å². The first-order chi connectivity index (χ1) is 11.5. The van der Waals surface area contributed by atoms with E-state index in [4.69, 9.17) is 0 Å². The van der Waals surface area contributed by atoms with Crippen molar-refractivity contribution in [2.24, 2.45) is 0 Å². The van der Waals surface area contributed by atoms with Gasteiger partial charge < -0.3 is 10.3 Å². The van der Waals surface area contributed by atoms with Gasteiger partial charge in [0.05, 0.1) is 16.0 Å². The zero-order valence-electron chi connectivity index (χ0n) is 13.4. The minimum atomic E-state index is -0.445. The Bertz CT molecular complexity index is 944. The number of nitro benzene ring substituents is 1. The van der Waals surface area contributed by atoms with Gasteiger partial charge in [0.25, 0.3) is 11.6 Å². The second-order valence-corrected chi connectivity index (χ2v) is 5.67. The molecular weight excluding hydrogens is 306 g/mol. The molecule has 1 heterocycles. The number of nitrogens with zero attached hydrogens (tertiary/aromatic N) is 1. The number of aromatic nitrogens is 1. The van der Waals surface area contributed by atoms with E-state index in [2.05, 4.69) is 10.3 Å². The lowest BCUT2D eigenvalue weighted by Gasteiger charge is -2.07. The first-order valence-corrected chi connectivity index (χ1v) is 7.57. The van der Waals surface area contributed by atoms with Crippen LogP contribution in [0.3, 0.4) is 0 Å². The van der Waals surface area contributed by atoms with Crippen LogP contribution in [0.15, 0.2) is 42.5 Å². The minimum Gasteiger partial charge on any atom is -0.358 e. The zero-order valence-corrected chi connectivity index (χ0v) is 13.4. The molecule has 3 aromatic rings. The number of nitro groups is 1. The summed E-state index contributed by atoms with van der Waals surface area (Å²) in [5.41, 5.74) is 3.92. The van der Waals surface area contributed by atoms with Crippen molar-refractivity contribution in [2.75, 3.05) is 0 Å². The highest BCUT2D eigenvalue weighted by molar-refractivity contribution is 6.06. The number of fused-ring (bicyclic) bond motifs is 1. The van der Waals surface area contributed by atoms with Gasteiger partial charge in [-0.1, -0.05) is 30.3 Å². The number of carbonyl (C=O) groups excluding carboxylic acids is 1. The number of benzene rings is 2. The van der Waals surface area contributed by atoms with Crippen molar-refractivity contribution in [1.29, 1.82) is 0 Å². The number of H-pyrrole nitrogens is 1. The number of nitrogens with one attached hydrogen (secondary N) is 2. The minimum absolute atomic E-state index is 0.00238. The molecule has 0 atom stereocenters. The molecule has 0 spiro atoms. The highest BCUT2D eigenvalue weighted by atomic mass is 16.6. The van der Waals surface area contributed by atoms with Gasteiger partial charge in [0.15, 0.2) is 0 Å². The van der Waals surface area contributed by atoms with E-state index < -0.39 is 4.92 Å². The molecule has 0 aliphatic heterocycles. The third kappa shape index (κ3) is 2.74. The molecule has 1 amide bonds. The molecule has 0 radical (unpaired) electrons. The lowest BCUT2D eigenvalue weighted by molar-refractivity contribution is -0.385. The summed E-state index contributed by atoms with van der Waals surface area (Å²) in [4.78, 5) is 26.4. The van der Waals surface area contributed by atoms with Gasteiger partial charge in [0.2, 0.25) is 0 Å². The largest absolute Gasteiger partial charge is 0.358 e. The van der Waals surface area contributed by atoms with Gasteiger partial charge in [-0.05, 0) is 25.5 Å². The molecule has 0 bridgehead atoms. The summed E-state index contributed by atoms with van der Waals surface area (Å²) in [6, 6.07) is 11.9. The number of amides is 1. The lowest BCUT2D eigenvalue weighted by atomic mass is 10.1. The van der Waals surface area contributed by atoms with E-state index in [1.54, 1.807) is 24.3 Å². The number of aromatic amines is 1. The Morgan fingerprint density at radius 2 is 1.92 bits per heavy atom. The summed E-state index contributed by atoms with van der Waals surface area (Å²) >= 11 is 0. The molecule has 6 nitrogen and oxygen atoms in total. The fourth-order valence-electron chi connectivity index (χ4n) is 2.78. The number of carbonyl (C=O) groups is 1. The maximum absolute atomic E-state index is 12.5. The van der Waals surface area contributed by atoms with Crippen molar-refractivity contribution >= 4 is 22.5 Å². The molecule has 122 valence electrons. The van der Waals surface area contributed by atoms with Crippen molar-refractivity contribution in [2.45, 2.75) is 20.4 Å². The summed E-state index contributed by atoms with van der Waals surface area (Å²) in [6.07, 6.45) is 0. The normalized spacial score (nSPS) is 10.8. The monoisotopic (exact) mass is 323 g/mol. The van der Waals surface area contributed by atoms with Crippen LogP contribution in [0.5, 0.6) is 0 Å². The standard InChI is InChI=1S/C18H17N3O3/c1-11-12(2)20-17-14(11)7-5-8-15(17)18(22)19-10-13-6-3-4-9-16(13)21(23)24/h3-9,20H,10H2,1-2H3,(H,19,22). The summed E-state index contributed by atoms with van der Waals surface area (Å²) in [5, 5.41) is 14.8. The first kappa shape index (κ1) is 15.7. The SMILES string of the molecule is Cc1[nH]c2c(C(=O)NCc3ccccc3[N+](=O)[O-])cccc2c1C. The predicted octanol–water partition coefficient (Wildman–Crippen LogP) is 3.62. The van der Waals surface area contributed by atoms with Crippen molar-refractivity contribution in [3.8, 4) is 0 Å². The molecule has 0 unspecified atom stereocenters. The summed E-state index contributed by atoms with van der Waals surface area (Å²) in [6.45, 7) is 4.07. The summed E-state index contributed by atoms with van der Waals surface area (Å²) < 4.78 is 0. The summed E-state index contributed by atoms with van der Waals surface area (Å²) in [7, 11) is 0. The highest BCUT2D eigenvalue weighted by Gasteiger charge is 2.16. The van der Waals surface area contributed by atoms with Gasteiger partial charge in [0.1, 0.15) is 0 Å². The average molecular weight is 323 g/mol. The molecule has 3 rings (SSSR count). The van der Waals surface area contributed by atoms with Gasteiger partial charge >= 0.3 is 0 Å². The van der Waals surface area contributed by atoms with Crippen molar-refractivity contribution in [3.63, 3.8) is 0 Å². The molecule has 0 saturated heterocycles. The number of hydrogen-bond acceptors (Lipinski definition) is 3. The molecule has 0 saturated carbocycles. The van der Waals surface area contributed by atoms with Crippen LogP contribution in [0.25, 0.3) is 10.9 Å². The number of hydrogen-bond donors (Lipinski definition) is 2. The maximum atomic E-state index is 12.5. The van der Waals surface area contributed by atoms with Crippen LogP contribution < -0.4 is 5.32 Å². The number of rotatable bonds is 4. The Morgan fingerprint density at radius 1 is 1.17 bits per heavy atom. The van der Waals surface area contributed by atoms with Crippen LogP contribution in [-0.2, 0) is 6.54 Å². The van der Waals surface area contributed by atoms with Crippen molar-refractivity contribution in [1.82, 2.24) is 10.3 Å². The Labute approximate surface area is 138 Å². The fourth-order valence-corrected chi connectivity index (χ4v) is 2.78. The lowest BCUT2D eigenvalue weighted by Crippen LogP contribution is -2.23. The molecule has 2 N–H and O–H groups in total. The van der Waals surface area contributed by atoms with E-state index in [1.807, 2.05) is 26.0 Å². The average Bonchev–Trinajstić information content (AvgIpc) is 2.87. The van der Waals surface area contributed by atoms with E-state index in [1.165, 1.54) is 6.07 Å². The first-order valence-electron chi connectivity index (χ1n) is 7.57. The molecule has 0 aliphatic rings. The van der Waals surface area contributed by atoms with Crippen LogP contribution in [-0.4, -0.2) is 15.8 Å². The quantitative estimate of drug-likeness (QED) is 0.568. The molecule has 1 aromatic heterocycles. The molecule has 0 aliphatic carbocycles. The van der Waals surface area contributed by atoms with Crippen LogP contribution in [0, 0.1) is 24.0 Å². The van der Waals surface area contributed by atoms with Gasteiger partial charge in [0, 0.05) is 29.3 Å². The van der Waals surface area contributed by atoms with Gasteiger partial charge in [-0.15, -0.1) is 0 Å². The highest BCUT2D eigenvalue weighted by Crippen LogP contribution is 2.24. The fraction of sp³-hybridized carbons (Fsp3) is 0.167. The molecule has 24 heavy (non-hydrogen) atoms. The molecule has 2 aromatic carbocycles. The van der Waals surface area contributed by atoms with E-state index in [0.717, 1.165) is 22.2 Å². The van der Waals surface area contributed by atoms with Crippen LogP contribution in [0.2, 0.25) is 0 Å². The van der Waals surface area contributed by atoms with Crippen molar-refractivity contribution < 1.29 is 9.72 Å². The Hall–Kier alpha value is -3.15. The third-order valence-electron chi connectivity index (χ3n) is 4.22. The van der Waals surface area contributed by atoms with Crippen molar-refractivity contribution in [3.05, 3.63) is 75.0 Å². The van der Waals surface area contributed by atoms with Crippen LogP contribution in [0.1, 0.15) is 27.2 Å². The number of aryl methyl sites for hydroxylation is 2. The van der Waals surface area contributed by atoms with Gasteiger partial charge in [-0.3, -0.25) is 14.9 Å². The maximum Gasteiger partial charge on any atom is 0.274 e. The van der Waals surface area contributed by atoms with Crippen LogP contribution >= 0.6 is 0 Å². The predicted molar refractivity (Wildman–Crippen MR) is 92.0 cm³/mol. The molecular formula is C18H17N3O3. The van der Waals surface area contributed by atoms with Gasteiger partial charge in [-0.25, -0.2) is 0 Å². The van der Waals surface area contributed by atoms with E-state index in [-0.39, 0.29) is 18.1 Å². The zero-order chi connectivity index (χ0) is 17.3. The van der Waals surface area contributed by atoms with Gasteiger partial charge in [-0.2, -0.15) is 0 Å². The molecule has 0 fully saturated rings. The Balaban J connectivity index is 1.87. The second kappa shape index (κ2) is 6.16. The smallest absolute Gasteiger partial charge is 0.274 e. The number of para-hydroxylation sites is 2. The summed E-state index contributed by atoms with van der Waals surface area (Å²) in [5.74, 6) is -0.264. The Kier molecular flexibility index (Phi) is 4.04. The second-order valence-electron chi connectivity index (χ2n) is 5.67. The Morgan fingerprint density at radius 3 is 2.67 bits per heavy atom. The molecule has 6 heteroatoms. The van der Waals surface area contributed by atoms with E-state index in [9.17, 15) is 14.9 Å². The van der Waals surface area contributed by atoms with E-state index in [0.29, 0.717) is 11.1 Å².